The highest BCUT2D eigenvalue weighted by molar-refractivity contribution is 5.97. The molecule has 9 nitrogen and oxygen atoms in total. The van der Waals surface area contributed by atoms with Gasteiger partial charge in [-0.2, -0.15) is 4.98 Å². The molecule has 0 bridgehead atoms. The first-order valence-corrected chi connectivity index (χ1v) is 11.2. The number of benzene rings is 1. The smallest absolute Gasteiger partial charge is 0.257 e. The monoisotopic (exact) mass is 445 g/mol. The Bertz CT molecular complexity index is 896. The minimum absolute atomic E-state index is 0.0348. The van der Waals surface area contributed by atoms with Gasteiger partial charge in [-0.25, -0.2) is 0 Å². The molecule has 1 aromatic carbocycles. The Hall–Kier alpha value is -2.65. The summed E-state index contributed by atoms with van der Waals surface area (Å²) in [7, 11) is 3.13. The van der Waals surface area contributed by atoms with Crippen LogP contribution in [0.1, 0.15) is 47.3 Å². The summed E-state index contributed by atoms with van der Waals surface area (Å²) < 4.78 is 27.3. The van der Waals surface area contributed by atoms with Crippen LogP contribution < -0.4 is 9.47 Å². The second-order valence-electron chi connectivity index (χ2n) is 8.23. The lowest BCUT2D eigenvalue weighted by molar-refractivity contribution is 0.0211. The summed E-state index contributed by atoms with van der Waals surface area (Å²) in [6, 6.07) is 5.21. The van der Waals surface area contributed by atoms with Crippen molar-refractivity contribution in [3.05, 3.63) is 35.5 Å². The van der Waals surface area contributed by atoms with E-state index in [0.717, 1.165) is 39.1 Å². The fourth-order valence-electron chi connectivity index (χ4n) is 4.15. The van der Waals surface area contributed by atoms with Gasteiger partial charge in [-0.3, -0.25) is 4.79 Å². The summed E-state index contributed by atoms with van der Waals surface area (Å²) >= 11 is 0. The van der Waals surface area contributed by atoms with Crippen molar-refractivity contribution in [3.63, 3.8) is 0 Å². The summed E-state index contributed by atoms with van der Waals surface area (Å²) in [5.74, 6) is 2.92. The highest BCUT2D eigenvalue weighted by Gasteiger charge is 2.32. The molecule has 0 aliphatic carbocycles. The van der Waals surface area contributed by atoms with E-state index in [1.165, 1.54) is 0 Å². The van der Waals surface area contributed by atoms with E-state index in [-0.39, 0.29) is 11.8 Å². The molecule has 2 aromatic rings. The predicted octanol–water partition coefficient (Wildman–Crippen LogP) is 2.70. The molecule has 4 rings (SSSR count). The van der Waals surface area contributed by atoms with Crippen molar-refractivity contribution in [1.29, 1.82) is 0 Å². The van der Waals surface area contributed by atoms with E-state index >= 15 is 0 Å². The number of ether oxygens (including phenoxy) is 4. The molecule has 0 saturated carbocycles. The zero-order valence-corrected chi connectivity index (χ0v) is 18.7. The minimum atomic E-state index is -0.0757. The Balaban J connectivity index is 1.27. The van der Waals surface area contributed by atoms with Crippen LogP contribution in [0.25, 0.3) is 0 Å². The Labute approximate surface area is 188 Å². The molecule has 2 fully saturated rings. The van der Waals surface area contributed by atoms with E-state index in [1.807, 2.05) is 0 Å². The van der Waals surface area contributed by atoms with E-state index in [9.17, 15) is 4.79 Å². The number of nitrogens with zero attached hydrogens (tertiary/aromatic N) is 3. The van der Waals surface area contributed by atoms with Crippen LogP contribution in [0.5, 0.6) is 11.5 Å². The van der Waals surface area contributed by atoms with Gasteiger partial charge in [-0.1, -0.05) is 5.16 Å². The van der Waals surface area contributed by atoms with Gasteiger partial charge >= 0.3 is 0 Å². The van der Waals surface area contributed by atoms with Gasteiger partial charge < -0.3 is 28.4 Å². The van der Waals surface area contributed by atoms with Gasteiger partial charge in [0.25, 0.3) is 5.91 Å². The standard InChI is InChI=1S/C23H31N3O6/c1-28-18-3-4-19(20(13-18)29-2)23(27)26-9-5-17(14-26)22-24-21(25-32-22)8-12-31-15-16-6-10-30-11-7-16/h3-4,13,16-17H,5-12,14-15H2,1-2H3. The highest BCUT2D eigenvalue weighted by Crippen LogP contribution is 2.30. The molecule has 0 N–H and O–H groups in total. The van der Waals surface area contributed by atoms with Gasteiger partial charge in [-0.05, 0) is 37.3 Å². The van der Waals surface area contributed by atoms with Gasteiger partial charge in [0.1, 0.15) is 11.5 Å². The second-order valence-corrected chi connectivity index (χ2v) is 8.23. The van der Waals surface area contributed by atoms with Crippen LogP contribution in [0.15, 0.2) is 22.7 Å². The zero-order valence-electron chi connectivity index (χ0n) is 18.7. The van der Waals surface area contributed by atoms with E-state index < -0.39 is 0 Å². The van der Waals surface area contributed by atoms with Crippen LogP contribution in [0.3, 0.4) is 0 Å². The first-order valence-electron chi connectivity index (χ1n) is 11.2. The third kappa shape index (κ3) is 5.39. The molecule has 2 saturated heterocycles. The van der Waals surface area contributed by atoms with Crippen molar-refractivity contribution in [2.45, 2.75) is 31.6 Å². The fraction of sp³-hybridized carbons (Fsp3) is 0.609. The van der Waals surface area contributed by atoms with Crippen molar-refractivity contribution in [2.24, 2.45) is 5.92 Å². The van der Waals surface area contributed by atoms with Gasteiger partial charge in [0, 0.05) is 45.4 Å². The number of likely N-dealkylation sites (tertiary alicyclic amines) is 1. The Morgan fingerprint density at radius 1 is 1.19 bits per heavy atom. The number of amides is 1. The number of carbonyl (C=O) groups is 1. The normalized spacial score (nSPS) is 19.3. The lowest BCUT2D eigenvalue weighted by atomic mass is 10.0. The molecule has 1 aromatic heterocycles. The maximum absolute atomic E-state index is 13.0. The molecular weight excluding hydrogens is 414 g/mol. The first kappa shape index (κ1) is 22.5. The van der Waals surface area contributed by atoms with Crippen LogP contribution in [0, 0.1) is 5.92 Å². The molecule has 1 amide bonds. The maximum atomic E-state index is 13.0. The van der Waals surface area contributed by atoms with E-state index in [2.05, 4.69) is 10.1 Å². The third-order valence-corrected chi connectivity index (χ3v) is 6.11. The maximum Gasteiger partial charge on any atom is 0.257 e. The van der Waals surface area contributed by atoms with Crippen molar-refractivity contribution in [1.82, 2.24) is 15.0 Å². The topological polar surface area (TPSA) is 96.2 Å². The van der Waals surface area contributed by atoms with E-state index in [0.29, 0.717) is 60.8 Å². The van der Waals surface area contributed by atoms with Crippen LogP contribution in [-0.4, -0.2) is 74.7 Å². The molecule has 0 spiro atoms. The SMILES string of the molecule is COc1ccc(C(=O)N2CCC(c3nc(CCOCC4CCOCC4)no3)C2)c(OC)c1. The molecule has 32 heavy (non-hydrogen) atoms. The highest BCUT2D eigenvalue weighted by atomic mass is 16.5. The third-order valence-electron chi connectivity index (χ3n) is 6.11. The molecule has 174 valence electrons. The minimum Gasteiger partial charge on any atom is -0.497 e. The summed E-state index contributed by atoms with van der Waals surface area (Å²) in [5, 5.41) is 4.10. The number of rotatable bonds is 9. The second kappa shape index (κ2) is 10.8. The van der Waals surface area contributed by atoms with Gasteiger partial charge in [0.15, 0.2) is 5.82 Å². The predicted molar refractivity (Wildman–Crippen MR) is 115 cm³/mol. The van der Waals surface area contributed by atoms with E-state index in [4.69, 9.17) is 23.5 Å². The fourth-order valence-corrected chi connectivity index (χ4v) is 4.15. The lowest BCUT2D eigenvalue weighted by Crippen LogP contribution is -2.28. The molecular formula is C23H31N3O6. The number of carbonyl (C=O) groups excluding carboxylic acids is 1. The number of methoxy groups -OCH3 is 2. The van der Waals surface area contributed by atoms with Gasteiger partial charge in [0.05, 0.1) is 32.3 Å². The number of hydrogen-bond donors (Lipinski definition) is 0. The summed E-state index contributed by atoms with van der Waals surface area (Å²) in [6.45, 7) is 4.15. The number of hydrogen-bond acceptors (Lipinski definition) is 8. The van der Waals surface area contributed by atoms with Crippen LogP contribution in [-0.2, 0) is 15.9 Å². The molecule has 9 heteroatoms. The van der Waals surface area contributed by atoms with Crippen molar-refractivity contribution in [3.8, 4) is 11.5 Å². The quantitative estimate of drug-likeness (QED) is 0.544. The first-order chi connectivity index (χ1) is 15.7. The van der Waals surface area contributed by atoms with Crippen molar-refractivity contribution >= 4 is 5.91 Å². The Morgan fingerprint density at radius 3 is 2.81 bits per heavy atom. The largest absolute Gasteiger partial charge is 0.497 e. The van der Waals surface area contributed by atoms with E-state index in [1.54, 1.807) is 37.3 Å². The molecule has 3 heterocycles. The van der Waals surface area contributed by atoms with Gasteiger partial charge in [0.2, 0.25) is 5.89 Å². The Kier molecular flexibility index (Phi) is 7.59. The lowest BCUT2D eigenvalue weighted by Gasteiger charge is -2.21. The number of aromatic nitrogens is 2. The summed E-state index contributed by atoms with van der Waals surface area (Å²) in [6.07, 6.45) is 3.52. The molecule has 1 atom stereocenters. The molecule has 2 aliphatic rings. The van der Waals surface area contributed by atoms with Crippen LogP contribution in [0.2, 0.25) is 0 Å². The van der Waals surface area contributed by atoms with Gasteiger partial charge in [-0.15, -0.1) is 0 Å². The average molecular weight is 446 g/mol. The van der Waals surface area contributed by atoms with Crippen molar-refractivity contribution < 1.29 is 28.3 Å². The molecule has 1 unspecified atom stereocenters. The summed E-state index contributed by atoms with van der Waals surface area (Å²) in [5.41, 5.74) is 0.516. The zero-order chi connectivity index (χ0) is 22.3. The van der Waals surface area contributed by atoms with Crippen molar-refractivity contribution in [2.75, 3.05) is 53.7 Å². The average Bonchev–Trinajstić information content (AvgIpc) is 3.51. The Morgan fingerprint density at radius 2 is 2.03 bits per heavy atom. The molecule has 2 aliphatic heterocycles. The van der Waals surface area contributed by atoms with Crippen LogP contribution in [0.4, 0.5) is 0 Å². The molecule has 0 radical (unpaired) electrons. The van der Waals surface area contributed by atoms with Crippen LogP contribution >= 0.6 is 0 Å². The summed E-state index contributed by atoms with van der Waals surface area (Å²) in [4.78, 5) is 19.4.